The minimum atomic E-state index is -5.00. The third-order valence-corrected chi connectivity index (χ3v) is 8.33. The highest BCUT2D eigenvalue weighted by Crippen LogP contribution is 2.45. The molecule has 0 aliphatic carbocycles. The molecule has 4 heterocycles. The molecule has 9 nitrogen and oxygen atoms in total. The van der Waals surface area contributed by atoms with Crippen LogP contribution in [-0.2, 0) is 6.18 Å². The van der Waals surface area contributed by atoms with Crippen molar-refractivity contribution in [3.05, 3.63) is 35.4 Å². The number of likely N-dealkylation sites (N-methyl/N-ethyl adjacent to an activating group) is 1. The Balaban J connectivity index is 1.54. The van der Waals surface area contributed by atoms with Gasteiger partial charge in [-0.15, -0.1) is 0 Å². The van der Waals surface area contributed by atoms with E-state index in [1.165, 1.54) is 4.90 Å². The second kappa shape index (κ2) is 10.1. The lowest BCUT2D eigenvalue weighted by atomic mass is 9.95. The zero-order valence-corrected chi connectivity index (χ0v) is 22.4. The Morgan fingerprint density at radius 2 is 1.98 bits per heavy atom. The Kier molecular flexibility index (Phi) is 6.69. The summed E-state index contributed by atoms with van der Waals surface area (Å²) in [7, 11) is 1.95. The van der Waals surface area contributed by atoms with Crippen molar-refractivity contribution in [1.29, 1.82) is 5.26 Å². The topological polar surface area (TPSA) is 116 Å². The Hall–Kier alpha value is -4.03. The molecular weight excluding hydrogens is 567 g/mol. The summed E-state index contributed by atoms with van der Waals surface area (Å²) in [5, 5.41) is 11.8. The number of fused-ring (bicyclic) bond motifs is 2. The molecular formula is C26H23F5N8OS. The van der Waals surface area contributed by atoms with E-state index in [1.54, 1.807) is 0 Å². The van der Waals surface area contributed by atoms with E-state index >= 15 is 4.39 Å². The van der Waals surface area contributed by atoms with Gasteiger partial charge >= 0.3 is 12.2 Å². The van der Waals surface area contributed by atoms with Gasteiger partial charge in [-0.25, -0.2) is 13.8 Å². The molecule has 0 spiro atoms. The van der Waals surface area contributed by atoms with E-state index < -0.39 is 34.5 Å². The van der Waals surface area contributed by atoms with Gasteiger partial charge in [0.05, 0.1) is 34.9 Å². The molecule has 3 N–H and O–H groups in total. The molecule has 0 bridgehead atoms. The fourth-order valence-corrected chi connectivity index (χ4v) is 6.03. The molecule has 2 saturated heterocycles. The molecule has 0 radical (unpaired) electrons. The summed E-state index contributed by atoms with van der Waals surface area (Å²) in [6, 6.07) is 2.34. The molecule has 2 fully saturated rings. The number of ether oxygens (including phenoxy) is 1. The van der Waals surface area contributed by atoms with Crippen molar-refractivity contribution in [1.82, 2.24) is 24.8 Å². The molecule has 41 heavy (non-hydrogen) atoms. The van der Waals surface area contributed by atoms with E-state index in [0.29, 0.717) is 13.1 Å². The number of halogens is 5. The van der Waals surface area contributed by atoms with E-state index in [-0.39, 0.29) is 56.8 Å². The molecule has 214 valence electrons. The Bertz CT molecular complexity index is 1700. The number of thiazole rings is 1. The van der Waals surface area contributed by atoms with E-state index in [0.717, 1.165) is 48.9 Å². The molecule has 4 aromatic rings. The van der Waals surface area contributed by atoms with Gasteiger partial charge in [0.15, 0.2) is 17.1 Å². The van der Waals surface area contributed by atoms with Crippen molar-refractivity contribution in [3.8, 4) is 23.3 Å². The summed E-state index contributed by atoms with van der Waals surface area (Å²) < 4.78 is 80.1. The SMILES string of the molecule is CN1CCC[C@H]1COc1nc(NC2CN(C#N)C2)c2cc(C(F)(F)F)c(-c3ccc(F)c4sc(N)nc34)c(F)c2n1. The fraction of sp³-hybridized carbons (Fsp3) is 0.385. The quantitative estimate of drug-likeness (QED) is 0.241. The molecule has 1 atom stereocenters. The van der Waals surface area contributed by atoms with Crippen LogP contribution in [-0.4, -0.2) is 70.1 Å². The molecule has 2 aromatic carbocycles. The maximum Gasteiger partial charge on any atom is 0.417 e. The second-order valence-electron chi connectivity index (χ2n) is 10.1. The van der Waals surface area contributed by atoms with Crippen LogP contribution in [0.5, 0.6) is 6.01 Å². The summed E-state index contributed by atoms with van der Waals surface area (Å²) in [5.74, 6) is -2.07. The monoisotopic (exact) mass is 590 g/mol. The van der Waals surface area contributed by atoms with Crippen LogP contribution in [0.3, 0.4) is 0 Å². The summed E-state index contributed by atoms with van der Waals surface area (Å²) in [5.41, 5.74) is 2.74. The van der Waals surface area contributed by atoms with Crippen molar-refractivity contribution in [2.24, 2.45) is 0 Å². The molecule has 0 saturated carbocycles. The number of aromatic nitrogens is 3. The van der Waals surface area contributed by atoms with Gasteiger partial charge in [-0.3, -0.25) is 0 Å². The summed E-state index contributed by atoms with van der Waals surface area (Å²) in [6.45, 7) is 1.70. The number of nitrogens with zero attached hydrogens (tertiary/aromatic N) is 6. The third kappa shape index (κ3) is 4.91. The zero-order chi connectivity index (χ0) is 29.1. The van der Waals surface area contributed by atoms with Gasteiger partial charge in [-0.05, 0) is 44.6 Å². The smallest absolute Gasteiger partial charge is 0.417 e. The lowest BCUT2D eigenvalue weighted by Crippen LogP contribution is -2.52. The fourth-order valence-electron chi connectivity index (χ4n) is 5.27. The second-order valence-corrected chi connectivity index (χ2v) is 11.2. The number of nitriles is 1. The summed E-state index contributed by atoms with van der Waals surface area (Å²) in [6.07, 6.45) is -1.15. The number of alkyl halides is 3. The number of nitrogen functional groups attached to an aromatic ring is 1. The van der Waals surface area contributed by atoms with Gasteiger partial charge in [0.1, 0.15) is 23.8 Å². The van der Waals surface area contributed by atoms with E-state index in [9.17, 15) is 17.6 Å². The van der Waals surface area contributed by atoms with Crippen LogP contribution in [0.4, 0.5) is 32.9 Å². The maximum atomic E-state index is 16.4. The minimum absolute atomic E-state index is 0.0505. The van der Waals surface area contributed by atoms with Crippen molar-refractivity contribution in [2.45, 2.75) is 31.1 Å². The van der Waals surface area contributed by atoms with Crippen LogP contribution in [0, 0.1) is 23.1 Å². The van der Waals surface area contributed by atoms with Gasteiger partial charge in [0, 0.05) is 22.6 Å². The van der Waals surface area contributed by atoms with Gasteiger partial charge in [-0.1, -0.05) is 11.3 Å². The predicted octanol–water partition coefficient (Wildman–Crippen LogP) is 4.84. The van der Waals surface area contributed by atoms with Crippen LogP contribution < -0.4 is 15.8 Å². The maximum absolute atomic E-state index is 16.4. The first-order chi connectivity index (χ1) is 19.5. The number of benzene rings is 2. The summed E-state index contributed by atoms with van der Waals surface area (Å²) in [4.78, 5) is 16.1. The molecule has 2 aliphatic heterocycles. The Labute approximate surface area is 234 Å². The highest BCUT2D eigenvalue weighted by Gasteiger charge is 2.38. The highest BCUT2D eigenvalue weighted by molar-refractivity contribution is 7.22. The van der Waals surface area contributed by atoms with Crippen LogP contribution in [0.2, 0.25) is 0 Å². The third-order valence-electron chi connectivity index (χ3n) is 7.44. The number of nitrogens with one attached hydrogen (secondary N) is 1. The minimum Gasteiger partial charge on any atom is -0.462 e. The van der Waals surface area contributed by atoms with Gasteiger partial charge in [0.2, 0.25) is 0 Å². The summed E-state index contributed by atoms with van der Waals surface area (Å²) >= 11 is 0.753. The van der Waals surface area contributed by atoms with Gasteiger partial charge in [-0.2, -0.15) is 28.4 Å². The molecule has 6 rings (SSSR count). The Morgan fingerprint density at radius 3 is 2.66 bits per heavy atom. The lowest BCUT2D eigenvalue weighted by molar-refractivity contribution is -0.137. The number of rotatable bonds is 6. The van der Waals surface area contributed by atoms with E-state index in [2.05, 4.69) is 25.2 Å². The van der Waals surface area contributed by atoms with Crippen molar-refractivity contribution >= 4 is 43.4 Å². The average Bonchev–Trinajstić information content (AvgIpc) is 3.50. The Morgan fingerprint density at radius 1 is 1.20 bits per heavy atom. The van der Waals surface area contributed by atoms with Gasteiger partial charge < -0.3 is 25.6 Å². The number of hydrogen-bond donors (Lipinski definition) is 2. The lowest BCUT2D eigenvalue weighted by Gasteiger charge is -2.35. The highest BCUT2D eigenvalue weighted by atomic mass is 32.1. The van der Waals surface area contributed by atoms with Crippen molar-refractivity contribution in [3.63, 3.8) is 0 Å². The molecule has 0 amide bonds. The van der Waals surface area contributed by atoms with Crippen molar-refractivity contribution in [2.75, 3.05) is 44.3 Å². The molecule has 15 heteroatoms. The standard InChI is InChI=1S/C26H23F5N8OS/c1-38-6-2-3-13(38)10-40-25-36-20-15(23(37-25)34-12-8-39(9-12)11-32)7-16(26(29,30)31)18(19(20)28)14-4-5-17(27)22-21(14)35-24(33)41-22/h4-5,7,12-13H,2-3,6,8-10H2,1H3,(H2,33,35)(H,34,36,37)/t13-/m0/s1. The first-order valence-electron chi connectivity index (χ1n) is 12.7. The molecule has 0 unspecified atom stereocenters. The van der Waals surface area contributed by atoms with E-state index in [4.69, 9.17) is 15.7 Å². The average molecular weight is 591 g/mol. The van der Waals surface area contributed by atoms with Crippen LogP contribution in [0.25, 0.3) is 32.2 Å². The molecule has 2 aromatic heterocycles. The number of hydrogen-bond acceptors (Lipinski definition) is 10. The number of nitrogens with two attached hydrogens (primary N) is 1. The predicted molar refractivity (Wildman–Crippen MR) is 143 cm³/mol. The van der Waals surface area contributed by atoms with Crippen molar-refractivity contribution < 1.29 is 26.7 Å². The number of likely N-dealkylation sites (tertiary alicyclic amines) is 2. The van der Waals surface area contributed by atoms with Crippen LogP contribution >= 0.6 is 11.3 Å². The first-order valence-corrected chi connectivity index (χ1v) is 13.6. The van der Waals surface area contributed by atoms with Crippen LogP contribution in [0.1, 0.15) is 18.4 Å². The van der Waals surface area contributed by atoms with E-state index in [1.807, 2.05) is 13.2 Å². The van der Waals surface area contributed by atoms with Gasteiger partial charge in [0.25, 0.3) is 0 Å². The first kappa shape index (κ1) is 27.2. The molecule has 2 aliphatic rings. The largest absolute Gasteiger partial charge is 0.462 e. The normalized spacial score (nSPS) is 18.2. The van der Waals surface area contributed by atoms with Crippen LogP contribution in [0.15, 0.2) is 18.2 Å². The zero-order valence-electron chi connectivity index (χ0n) is 21.6. The number of anilines is 2.